The summed E-state index contributed by atoms with van der Waals surface area (Å²) in [6.07, 6.45) is 16.8. The fraction of sp³-hybridized carbons (Fsp3) is 0.367. The fourth-order valence-corrected chi connectivity index (χ4v) is 6.01. The standard InChI is InChI=1S/C17H16O.C13H18O2/c1-14-6-8-15(9-7-14)4-2-3-5-16-10-12-17(18)13-11-16;1-2-12(14)15-13-6-9-3-10(7-13)5-11(4-9)8-13/h2-13,18H,1H3;2,9-11H,1,3-8H2. The van der Waals surface area contributed by atoms with Crippen molar-refractivity contribution in [2.24, 2.45) is 17.8 Å². The number of allylic oxidation sites excluding steroid dienone is 2. The lowest BCUT2D eigenvalue weighted by molar-refractivity contribution is -0.181. The van der Waals surface area contributed by atoms with Crippen molar-refractivity contribution in [2.45, 2.75) is 51.0 Å². The van der Waals surface area contributed by atoms with Crippen molar-refractivity contribution in [3.8, 4) is 5.75 Å². The van der Waals surface area contributed by atoms with Gasteiger partial charge in [0.25, 0.3) is 0 Å². The van der Waals surface area contributed by atoms with Crippen molar-refractivity contribution < 1.29 is 14.6 Å². The van der Waals surface area contributed by atoms with Crippen LogP contribution in [0, 0.1) is 24.7 Å². The van der Waals surface area contributed by atoms with Crippen LogP contribution >= 0.6 is 0 Å². The van der Waals surface area contributed by atoms with E-state index in [0.717, 1.165) is 42.6 Å². The largest absolute Gasteiger partial charge is 0.508 e. The minimum Gasteiger partial charge on any atom is -0.508 e. The summed E-state index contributed by atoms with van der Waals surface area (Å²) in [6.45, 7) is 5.57. The zero-order valence-electron chi connectivity index (χ0n) is 19.5. The number of hydrogen-bond acceptors (Lipinski definition) is 3. The van der Waals surface area contributed by atoms with Gasteiger partial charge in [-0.3, -0.25) is 0 Å². The third-order valence-corrected chi connectivity index (χ3v) is 7.12. The van der Waals surface area contributed by atoms with E-state index >= 15 is 0 Å². The van der Waals surface area contributed by atoms with Crippen LogP contribution in [-0.2, 0) is 9.53 Å². The van der Waals surface area contributed by atoms with Gasteiger partial charge in [0.05, 0.1) is 0 Å². The van der Waals surface area contributed by atoms with Crippen molar-refractivity contribution in [3.63, 3.8) is 0 Å². The van der Waals surface area contributed by atoms with Crippen LogP contribution in [-0.4, -0.2) is 16.7 Å². The highest BCUT2D eigenvalue weighted by atomic mass is 16.6. The molecule has 4 aliphatic carbocycles. The maximum Gasteiger partial charge on any atom is 0.330 e. The van der Waals surface area contributed by atoms with Crippen LogP contribution in [0.4, 0.5) is 0 Å². The van der Waals surface area contributed by atoms with E-state index in [-0.39, 0.29) is 11.6 Å². The molecule has 0 unspecified atom stereocenters. The highest BCUT2D eigenvalue weighted by Gasteiger charge is 2.52. The molecule has 3 heteroatoms. The fourth-order valence-electron chi connectivity index (χ4n) is 6.01. The minimum atomic E-state index is -0.225. The average Bonchev–Trinajstić information content (AvgIpc) is 2.78. The van der Waals surface area contributed by atoms with Crippen molar-refractivity contribution in [1.82, 2.24) is 0 Å². The van der Waals surface area contributed by atoms with E-state index in [2.05, 4.69) is 43.8 Å². The monoisotopic (exact) mass is 442 g/mol. The Labute approximate surface area is 197 Å². The first-order chi connectivity index (χ1) is 15.9. The van der Waals surface area contributed by atoms with Gasteiger partial charge < -0.3 is 9.84 Å². The molecule has 0 atom stereocenters. The predicted octanol–water partition coefficient (Wildman–Crippen LogP) is 7.11. The Morgan fingerprint density at radius 1 is 0.879 bits per heavy atom. The molecule has 4 aliphatic rings. The quantitative estimate of drug-likeness (QED) is 0.305. The number of ether oxygens (including phenoxy) is 1. The number of aryl methyl sites for hydroxylation is 1. The third-order valence-electron chi connectivity index (χ3n) is 7.12. The van der Waals surface area contributed by atoms with Gasteiger partial charge in [0.1, 0.15) is 11.4 Å². The Kier molecular flexibility index (Phi) is 7.17. The number of hydrogen-bond donors (Lipinski definition) is 1. The maximum atomic E-state index is 11.4. The van der Waals surface area contributed by atoms with Crippen LogP contribution in [0.5, 0.6) is 5.75 Å². The molecule has 6 rings (SSSR count). The summed E-state index contributed by atoms with van der Waals surface area (Å²) in [5, 5.41) is 9.16. The second-order valence-corrected chi connectivity index (χ2v) is 9.95. The molecular weight excluding hydrogens is 408 g/mol. The van der Waals surface area contributed by atoms with E-state index in [1.54, 1.807) is 12.1 Å². The lowest BCUT2D eigenvalue weighted by Crippen LogP contribution is -2.52. The van der Waals surface area contributed by atoms with Gasteiger partial charge >= 0.3 is 5.97 Å². The van der Waals surface area contributed by atoms with E-state index in [1.165, 1.54) is 36.5 Å². The number of benzene rings is 2. The third kappa shape index (κ3) is 6.25. The van der Waals surface area contributed by atoms with Gasteiger partial charge in [0.2, 0.25) is 0 Å². The van der Waals surface area contributed by atoms with Crippen LogP contribution < -0.4 is 0 Å². The van der Waals surface area contributed by atoms with E-state index in [1.807, 2.05) is 30.4 Å². The summed E-state index contributed by atoms with van der Waals surface area (Å²) in [5.41, 5.74) is 3.43. The van der Waals surface area contributed by atoms with Crippen LogP contribution in [0.25, 0.3) is 12.2 Å². The molecule has 2 aromatic carbocycles. The van der Waals surface area contributed by atoms with E-state index in [4.69, 9.17) is 9.84 Å². The molecule has 4 bridgehead atoms. The van der Waals surface area contributed by atoms with Crippen molar-refractivity contribution in [1.29, 1.82) is 0 Å². The van der Waals surface area contributed by atoms with E-state index in [0.29, 0.717) is 5.75 Å². The highest BCUT2D eigenvalue weighted by molar-refractivity contribution is 5.81. The Morgan fingerprint density at radius 3 is 1.79 bits per heavy atom. The molecular formula is C30H34O3. The summed E-state index contributed by atoms with van der Waals surface area (Å²) < 4.78 is 5.64. The molecule has 33 heavy (non-hydrogen) atoms. The lowest BCUT2D eigenvalue weighted by atomic mass is 9.54. The molecule has 0 heterocycles. The Hall–Kier alpha value is -3.07. The molecule has 1 N–H and O–H groups in total. The predicted molar refractivity (Wildman–Crippen MR) is 135 cm³/mol. The van der Waals surface area contributed by atoms with Crippen LogP contribution in [0.15, 0.2) is 73.3 Å². The average molecular weight is 443 g/mol. The van der Waals surface area contributed by atoms with Gasteiger partial charge in [-0.05, 0) is 86.5 Å². The van der Waals surface area contributed by atoms with Crippen LogP contribution in [0.1, 0.15) is 55.2 Å². The number of aromatic hydroxyl groups is 1. The molecule has 0 saturated heterocycles. The molecule has 3 nitrogen and oxygen atoms in total. The summed E-state index contributed by atoms with van der Waals surface area (Å²) in [5.74, 6) is 2.55. The molecule has 4 fully saturated rings. The zero-order valence-corrected chi connectivity index (χ0v) is 19.5. The van der Waals surface area contributed by atoms with Gasteiger partial charge in [0, 0.05) is 6.08 Å². The first-order valence-corrected chi connectivity index (χ1v) is 12.0. The number of carbonyl (C=O) groups is 1. The number of rotatable bonds is 5. The van der Waals surface area contributed by atoms with Crippen molar-refractivity contribution >= 4 is 18.1 Å². The van der Waals surface area contributed by atoms with Gasteiger partial charge in [0.15, 0.2) is 0 Å². The smallest absolute Gasteiger partial charge is 0.330 e. The van der Waals surface area contributed by atoms with Crippen LogP contribution in [0.2, 0.25) is 0 Å². The second-order valence-electron chi connectivity index (χ2n) is 9.95. The molecule has 0 aromatic heterocycles. The highest BCUT2D eigenvalue weighted by Crippen LogP contribution is 2.57. The first kappa shape index (κ1) is 23.1. The zero-order chi connectivity index (χ0) is 23.3. The molecule has 2 aromatic rings. The number of esters is 1. The molecule has 0 aliphatic heterocycles. The lowest BCUT2D eigenvalue weighted by Gasteiger charge is -2.55. The summed E-state index contributed by atoms with van der Waals surface area (Å²) in [6, 6.07) is 15.5. The minimum absolute atomic E-state index is 0.0972. The number of phenols is 1. The summed E-state index contributed by atoms with van der Waals surface area (Å²) in [7, 11) is 0. The van der Waals surface area contributed by atoms with Crippen molar-refractivity contribution in [3.05, 3.63) is 90.0 Å². The molecule has 0 spiro atoms. The number of phenolic OH excluding ortho intramolecular Hbond substituents is 1. The Balaban J connectivity index is 0.000000159. The van der Waals surface area contributed by atoms with Crippen molar-refractivity contribution in [2.75, 3.05) is 0 Å². The molecule has 0 amide bonds. The van der Waals surface area contributed by atoms with Gasteiger partial charge in [-0.2, -0.15) is 0 Å². The van der Waals surface area contributed by atoms with Gasteiger partial charge in [-0.15, -0.1) is 0 Å². The second kappa shape index (κ2) is 10.2. The normalized spacial score (nSPS) is 27.4. The SMILES string of the molecule is C=CC(=O)OC12CC3CC(CC(C3)C1)C2.Cc1ccc(C=CC=Cc2ccc(O)cc2)cc1. The van der Waals surface area contributed by atoms with Gasteiger partial charge in [-0.25, -0.2) is 4.79 Å². The summed E-state index contributed by atoms with van der Waals surface area (Å²) >= 11 is 0. The molecule has 0 radical (unpaired) electrons. The topological polar surface area (TPSA) is 46.5 Å². The van der Waals surface area contributed by atoms with E-state index in [9.17, 15) is 4.79 Å². The van der Waals surface area contributed by atoms with Crippen LogP contribution in [0.3, 0.4) is 0 Å². The first-order valence-electron chi connectivity index (χ1n) is 12.0. The molecule has 172 valence electrons. The van der Waals surface area contributed by atoms with Gasteiger partial charge in [-0.1, -0.05) is 72.8 Å². The summed E-state index contributed by atoms with van der Waals surface area (Å²) in [4.78, 5) is 11.4. The Bertz CT molecular complexity index is 923. The van der Waals surface area contributed by atoms with E-state index < -0.39 is 0 Å². The molecule has 4 saturated carbocycles. The Morgan fingerprint density at radius 2 is 1.33 bits per heavy atom. The maximum absolute atomic E-state index is 11.4. The number of carbonyl (C=O) groups excluding carboxylic acids is 1.